The lowest BCUT2D eigenvalue weighted by Crippen LogP contribution is -2.29. The number of Topliss-reactive ketones (excluding diaryl/α,β-unsaturated/α-hetero) is 1. The van der Waals surface area contributed by atoms with Gasteiger partial charge in [0.1, 0.15) is 11.9 Å². The Bertz CT molecular complexity index is 957. The summed E-state index contributed by atoms with van der Waals surface area (Å²) < 4.78 is 57.2. The number of sulfone groups is 1. The smallest absolute Gasteiger partial charge is 0.310 e. The first-order chi connectivity index (χ1) is 11.6. The van der Waals surface area contributed by atoms with Gasteiger partial charge in [0.15, 0.2) is 9.84 Å². The minimum absolute atomic E-state index is 0.276. The largest absolute Gasteiger partial charge is 0.486 e. The summed E-state index contributed by atoms with van der Waals surface area (Å²) in [6.07, 6.45) is 1.63. The van der Waals surface area contributed by atoms with E-state index in [1.165, 1.54) is 12.1 Å². The molecule has 0 heterocycles. The van der Waals surface area contributed by atoms with Gasteiger partial charge in [-0.2, -0.15) is 14.0 Å². The number of nitrogens with zero attached hydrogens (tertiary/aromatic N) is 1. The van der Waals surface area contributed by atoms with E-state index in [9.17, 15) is 22.0 Å². The molecule has 1 fully saturated rings. The summed E-state index contributed by atoms with van der Waals surface area (Å²) in [7, 11) is -3.83. The first-order valence-corrected chi connectivity index (χ1v) is 9.24. The second kappa shape index (κ2) is 5.77. The third-order valence-electron chi connectivity index (χ3n) is 4.16. The van der Waals surface area contributed by atoms with Crippen LogP contribution in [0, 0.1) is 17.2 Å². The van der Waals surface area contributed by atoms with Gasteiger partial charge in [-0.3, -0.25) is 4.79 Å². The van der Waals surface area contributed by atoms with Crippen molar-refractivity contribution in [3.63, 3.8) is 0 Å². The fourth-order valence-corrected chi connectivity index (χ4v) is 4.03. The lowest BCUT2D eigenvalue weighted by molar-refractivity contribution is -0.135. The van der Waals surface area contributed by atoms with Crippen LogP contribution in [0.2, 0.25) is 0 Å². The van der Waals surface area contributed by atoms with Gasteiger partial charge in [-0.15, -0.1) is 0 Å². The van der Waals surface area contributed by atoms with Crippen LogP contribution in [0.25, 0.3) is 0 Å². The normalized spacial score (nSPS) is 24.8. The van der Waals surface area contributed by atoms with Crippen molar-refractivity contribution in [3.05, 3.63) is 52.5 Å². The molecule has 8 heteroatoms. The lowest BCUT2D eigenvalue weighted by Gasteiger charge is -2.26. The zero-order valence-electron chi connectivity index (χ0n) is 13.1. The fraction of sp³-hybridized carbons (Fsp3) is 0.294. The Morgan fingerprint density at radius 3 is 2.72 bits per heavy atom. The predicted molar refractivity (Wildman–Crippen MR) is 84.6 cm³/mol. The Kier molecular flexibility index (Phi) is 4.00. The van der Waals surface area contributed by atoms with Crippen LogP contribution in [0.3, 0.4) is 0 Å². The van der Waals surface area contributed by atoms with Crippen LogP contribution in [-0.2, 0) is 14.6 Å². The molecule has 2 unspecified atom stereocenters. The van der Waals surface area contributed by atoms with Crippen molar-refractivity contribution >= 4 is 15.6 Å². The number of hydrogen-bond acceptors (Lipinski definition) is 5. The Balaban J connectivity index is 2.01. The monoisotopic (exact) mass is 365 g/mol. The minimum atomic E-state index is -3.83. The number of allylic oxidation sites excluding steroid dienone is 1. The molecule has 3 rings (SSSR count). The van der Waals surface area contributed by atoms with Gasteiger partial charge in [-0.25, -0.2) is 8.42 Å². The molecule has 1 saturated carbocycles. The van der Waals surface area contributed by atoms with Crippen molar-refractivity contribution in [1.82, 2.24) is 0 Å². The third-order valence-corrected chi connectivity index (χ3v) is 5.31. The van der Waals surface area contributed by atoms with Crippen LogP contribution in [0.1, 0.15) is 12.0 Å². The Morgan fingerprint density at radius 2 is 2.08 bits per heavy atom. The molecule has 130 valence electrons. The molecule has 2 atom stereocenters. The number of nitriles is 1. The van der Waals surface area contributed by atoms with E-state index in [4.69, 9.17) is 10.00 Å². The second-order valence-corrected chi connectivity index (χ2v) is 7.96. The molecule has 0 saturated heterocycles. The molecule has 2 aliphatic carbocycles. The van der Waals surface area contributed by atoms with E-state index in [1.54, 1.807) is 18.2 Å². The Hall–Kier alpha value is -2.53. The SMILES string of the molecule is CS(=O)(=O)C1=C2C(=O)C(F)(F)CC2C(Oc2cccc(C#N)c2)C=C1. The molecular weight excluding hydrogens is 352 g/mol. The standard InChI is InChI=1S/C17H13F2NO4S/c1-25(22,23)14-6-5-13(12-8-17(18,19)16(21)15(12)14)24-11-4-2-3-10(7-11)9-20/h2-7,12-13H,8H2,1H3. The highest BCUT2D eigenvalue weighted by Gasteiger charge is 2.56. The number of rotatable bonds is 3. The summed E-state index contributed by atoms with van der Waals surface area (Å²) in [5.74, 6) is -5.89. The first kappa shape index (κ1) is 17.3. The fourth-order valence-electron chi connectivity index (χ4n) is 3.06. The van der Waals surface area contributed by atoms with E-state index in [2.05, 4.69) is 0 Å². The van der Waals surface area contributed by atoms with E-state index in [-0.39, 0.29) is 10.7 Å². The Morgan fingerprint density at radius 1 is 1.36 bits per heavy atom. The van der Waals surface area contributed by atoms with Crippen molar-refractivity contribution in [3.8, 4) is 11.8 Å². The molecule has 1 aromatic carbocycles. The van der Waals surface area contributed by atoms with Crippen molar-refractivity contribution in [2.75, 3.05) is 6.26 Å². The van der Waals surface area contributed by atoms with Gasteiger partial charge < -0.3 is 4.74 Å². The molecule has 0 N–H and O–H groups in total. The van der Waals surface area contributed by atoms with E-state index in [0.29, 0.717) is 5.56 Å². The van der Waals surface area contributed by atoms with Gasteiger partial charge in [0.05, 0.1) is 16.5 Å². The predicted octanol–water partition coefficient (Wildman–Crippen LogP) is 2.40. The maximum atomic E-state index is 13.9. The van der Waals surface area contributed by atoms with Gasteiger partial charge in [-0.05, 0) is 30.4 Å². The van der Waals surface area contributed by atoms with Crippen molar-refractivity contribution in [2.24, 2.45) is 5.92 Å². The summed E-state index contributed by atoms with van der Waals surface area (Å²) in [5, 5.41) is 8.91. The number of halogens is 2. The molecule has 1 aromatic rings. The highest BCUT2D eigenvalue weighted by atomic mass is 32.2. The van der Waals surface area contributed by atoms with Gasteiger partial charge in [0.25, 0.3) is 0 Å². The van der Waals surface area contributed by atoms with Gasteiger partial charge in [0.2, 0.25) is 5.78 Å². The maximum Gasteiger partial charge on any atom is 0.310 e. The van der Waals surface area contributed by atoms with E-state index in [1.807, 2.05) is 6.07 Å². The summed E-state index contributed by atoms with van der Waals surface area (Å²) in [5.41, 5.74) is -0.0749. The summed E-state index contributed by atoms with van der Waals surface area (Å²) in [6, 6.07) is 8.07. The zero-order chi connectivity index (χ0) is 18.4. The summed E-state index contributed by atoms with van der Waals surface area (Å²) >= 11 is 0. The summed E-state index contributed by atoms with van der Waals surface area (Å²) in [4.78, 5) is 11.6. The van der Waals surface area contributed by atoms with Crippen molar-refractivity contribution in [1.29, 1.82) is 5.26 Å². The average Bonchev–Trinajstić information content (AvgIpc) is 2.78. The number of carbonyl (C=O) groups is 1. The lowest BCUT2D eigenvalue weighted by atomic mass is 9.91. The Labute approximate surface area is 143 Å². The maximum absolute atomic E-state index is 13.9. The average molecular weight is 365 g/mol. The summed E-state index contributed by atoms with van der Waals surface area (Å²) in [6.45, 7) is 0. The second-order valence-electron chi connectivity index (χ2n) is 5.98. The van der Waals surface area contributed by atoms with Crippen molar-refractivity contribution < 1.29 is 26.7 Å². The minimum Gasteiger partial charge on any atom is -0.486 e. The number of ether oxygens (including phenoxy) is 1. The molecule has 0 radical (unpaired) electrons. The van der Waals surface area contributed by atoms with Crippen LogP contribution >= 0.6 is 0 Å². The van der Waals surface area contributed by atoms with Gasteiger partial charge in [0, 0.05) is 24.2 Å². The van der Waals surface area contributed by atoms with E-state index < -0.39 is 45.6 Å². The number of ketones is 1. The highest BCUT2D eigenvalue weighted by molar-refractivity contribution is 7.94. The van der Waals surface area contributed by atoms with Crippen LogP contribution < -0.4 is 4.74 Å². The topological polar surface area (TPSA) is 84.2 Å². The number of alkyl halides is 2. The molecule has 0 bridgehead atoms. The van der Waals surface area contributed by atoms with Crippen LogP contribution in [0.15, 0.2) is 46.9 Å². The zero-order valence-corrected chi connectivity index (χ0v) is 13.9. The quantitative estimate of drug-likeness (QED) is 0.821. The molecule has 0 spiro atoms. The molecule has 5 nitrogen and oxygen atoms in total. The van der Waals surface area contributed by atoms with Gasteiger partial charge in [-0.1, -0.05) is 6.07 Å². The molecule has 0 aliphatic heterocycles. The molecule has 0 aromatic heterocycles. The molecule has 2 aliphatic rings. The van der Waals surface area contributed by atoms with Crippen LogP contribution in [0.4, 0.5) is 8.78 Å². The number of fused-ring (bicyclic) bond motifs is 1. The van der Waals surface area contributed by atoms with Crippen LogP contribution in [-0.4, -0.2) is 32.5 Å². The van der Waals surface area contributed by atoms with E-state index in [0.717, 1.165) is 12.3 Å². The molecule has 0 amide bonds. The van der Waals surface area contributed by atoms with E-state index >= 15 is 0 Å². The molecular formula is C17H13F2NO4S. The first-order valence-electron chi connectivity index (χ1n) is 7.35. The van der Waals surface area contributed by atoms with Crippen LogP contribution in [0.5, 0.6) is 5.75 Å². The molecule has 25 heavy (non-hydrogen) atoms. The van der Waals surface area contributed by atoms with Gasteiger partial charge >= 0.3 is 5.92 Å². The third kappa shape index (κ3) is 3.07. The number of benzene rings is 1. The number of carbonyl (C=O) groups excluding carboxylic acids is 1. The van der Waals surface area contributed by atoms with Crippen molar-refractivity contribution in [2.45, 2.75) is 18.4 Å². The highest BCUT2D eigenvalue weighted by Crippen LogP contribution is 2.46. The number of hydrogen-bond donors (Lipinski definition) is 0.